The van der Waals surface area contributed by atoms with Gasteiger partial charge in [-0.15, -0.1) is 0 Å². The molecule has 1 unspecified atom stereocenters. The second-order valence-electron chi connectivity index (χ2n) is 5.65. The van der Waals surface area contributed by atoms with Crippen molar-refractivity contribution in [3.05, 3.63) is 23.8 Å². The second kappa shape index (κ2) is 4.74. The van der Waals surface area contributed by atoms with Gasteiger partial charge in [0.2, 0.25) is 0 Å². The molecular weight excluding hydrogens is 244 g/mol. The highest BCUT2D eigenvalue weighted by Crippen LogP contribution is 2.30. The SMILES string of the molecule is CC1CN(c2ccc(C(=O)O)cc2N)CC(C)(C)O1. The second-order valence-corrected chi connectivity index (χ2v) is 5.65. The van der Waals surface area contributed by atoms with Crippen LogP contribution in [0, 0.1) is 0 Å². The maximum atomic E-state index is 10.9. The predicted octanol–water partition coefficient (Wildman–Crippen LogP) is 1.97. The fourth-order valence-electron chi connectivity index (χ4n) is 2.61. The van der Waals surface area contributed by atoms with Crippen molar-refractivity contribution in [2.75, 3.05) is 23.7 Å². The first-order valence-electron chi connectivity index (χ1n) is 6.34. The lowest BCUT2D eigenvalue weighted by Crippen LogP contribution is -2.52. The standard InChI is InChI=1S/C14H20N2O3/c1-9-7-16(8-14(2,3)19-9)12-5-4-10(13(17)18)6-11(12)15/h4-6,9H,7-8,15H2,1-3H3,(H,17,18). The molecule has 19 heavy (non-hydrogen) atoms. The number of anilines is 2. The minimum atomic E-state index is -0.964. The summed E-state index contributed by atoms with van der Waals surface area (Å²) in [5.41, 5.74) is 7.31. The molecule has 1 aliphatic heterocycles. The first-order chi connectivity index (χ1) is 8.78. The van der Waals surface area contributed by atoms with Gasteiger partial charge in [-0.05, 0) is 39.0 Å². The van der Waals surface area contributed by atoms with Crippen molar-refractivity contribution < 1.29 is 14.6 Å². The van der Waals surface area contributed by atoms with Crippen molar-refractivity contribution >= 4 is 17.3 Å². The number of nitrogens with two attached hydrogens (primary N) is 1. The van der Waals surface area contributed by atoms with Gasteiger partial charge in [-0.3, -0.25) is 0 Å². The summed E-state index contributed by atoms with van der Waals surface area (Å²) in [4.78, 5) is 13.1. The van der Waals surface area contributed by atoms with E-state index in [1.165, 1.54) is 6.07 Å². The number of nitrogen functional groups attached to an aromatic ring is 1. The van der Waals surface area contributed by atoms with E-state index < -0.39 is 5.97 Å². The fraction of sp³-hybridized carbons (Fsp3) is 0.500. The van der Waals surface area contributed by atoms with Gasteiger partial charge in [0.1, 0.15) is 0 Å². The van der Waals surface area contributed by atoms with E-state index in [-0.39, 0.29) is 17.3 Å². The Morgan fingerprint density at radius 1 is 1.53 bits per heavy atom. The van der Waals surface area contributed by atoms with Crippen molar-refractivity contribution in [1.29, 1.82) is 0 Å². The third kappa shape index (κ3) is 2.98. The van der Waals surface area contributed by atoms with Crippen LogP contribution in [0.5, 0.6) is 0 Å². The summed E-state index contributed by atoms with van der Waals surface area (Å²) >= 11 is 0. The third-order valence-corrected chi connectivity index (χ3v) is 3.18. The van der Waals surface area contributed by atoms with Gasteiger partial charge >= 0.3 is 5.97 Å². The van der Waals surface area contributed by atoms with Gasteiger partial charge in [0.05, 0.1) is 28.6 Å². The molecule has 2 rings (SSSR count). The zero-order valence-electron chi connectivity index (χ0n) is 11.5. The number of morpholine rings is 1. The van der Waals surface area contributed by atoms with E-state index in [1.54, 1.807) is 12.1 Å². The highest BCUT2D eigenvalue weighted by Gasteiger charge is 2.32. The zero-order chi connectivity index (χ0) is 14.2. The van der Waals surface area contributed by atoms with Crippen LogP contribution in [-0.4, -0.2) is 35.9 Å². The Labute approximate surface area is 113 Å². The van der Waals surface area contributed by atoms with Crippen molar-refractivity contribution in [2.45, 2.75) is 32.5 Å². The zero-order valence-corrected chi connectivity index (χ0v) is 11.5. The summed E-state index contributed by atoms with van der Waals surface area (Å²) in [6.45, 7) is 7.58. The Morgan fingerprint density at radius 2 is 2.21 bits per heavy atom. The monoisotopic (exact) mass is 264 g/mol. The summed E-state index contributed by atoms with van der Waals surface area (Å²) in [5, 5.41) is 8.95. The average molecular weight is 264 g/mol. The van der Waals surface area contributed by atoms with Gasteiger partial charge in [0.15, 0.2) is 0 Å². The number of hydrogen-bond donors (Lipinski definition) is 2. The number of benzene rings is 1. The lowest BCUT2D eigenvalue weighted by atomic mass is 10.0. The fourth-order valence-corrected chi connectivity index (χ4v) is 2.61. The van der Waals surface area contributed by atoms with E-state index in [4.69, 9.17) is 15.6 Å². The number of carboxylic acid groups (broad SMARTS) is 1. The Kier molecular flexibility index (Phi) is 3.41. The van der Waals surface area contributed by atoms with Crippen LogP contribution in [0.15, 0.2) is 18.2 Å². The van der Waals surface area contributed by atoms with Crippen molar-refractivity contribution in [1.82, 2.24) is 0 Å². The van der Waals surface area contributed by atoms with Crippen LogP contribution in [0.4, 0.5) is 11.4 Å². The number of nitrogens with zero attached hydrogens (tertiary/aromatic N) is 1. The van der Waals surface area contributed by atoms with Gasteiger partial charge in [-0.1, -0.05) is 0 Å². The molecular formula is C14H20N2O3. The molecule has 1 aliphatic rings. The van der Waals surface area contributed by atoms with Gasteiger partial charge in [-0.2, -0.15) is 0 Å². The maximum Gasteiger partial charge on any atom is 0.335 e. The van der Waals surface area contributed by atoms with Crippen LogP contribution in [0.2, 0.25) is 0 Å². The normalized spacial score (nSPS) is 22.3. The first-order valence-corrected chi connectivity index (χ1v) is 6.34. The van der Waals surface area contributed by atoms with Crippen LogP contribution < -0.4 is 10.6 Å². The largest absolute Gasteiger partial charge is 0.478 e. The first kappa shape index (κ1) is 13.7. The average Bonchev–Trinajstić information content (AvgIpc) is 2.25. The van der Waals surface area contributed by atoms with E-state index in [2.05, 4.69) is 4.90 Å². The molecule has 0 aromatic heterocycles. The number of carboxylic acids is 1. The molecule has 1 aromatic rings. The molecule has 1 fully saturated rings. The number of aromatic carboxylic acids is 1. The molecule has 5 heteroatoms. The predicted molar refractivity (Wildman–Crippen MR) is 74.7 cm³/mol. The highest BCUT2D eigenvalue weighted by atomic mass is 16.5. The number of rotatable bonds is 2. The Balaban J connectivity index is 2.29. The number of hydrogen-bond acceptors (Lipinski definition) is 4. The molecule has 5 nitrogen and oxygen atoms in total. The van der Waals surface area contributed by atoms with Gasteiger partial charge in [-0.25, -0.2) is 4.79 Å². The van der Waals surface area contributed by atoms with Crippen LogP contribution in [0.1, 0.15) is 31.1 Å². The van der Waals surface area contributed by atoms with Crippen molar-refractivity contribution in [2.24, 2.45) is 0 Å². The van der Waals surface area contributed by atoms with E-state index in [0.29, 0.717) is 5.69 Å². The molecule has 1 atom stereocenters. The van der Waals surface area contributed by atoms with Crippen LogP contribution >= 0.6 is 0 Å². The summed E-state index contributed by atoms with van der Waals surface area (Å²) in [6.07, 6.45) is 0.113. The van der Waals surface area contributed by atoms with E-state index in [1.807, 2.05) is 20.8 Å². The molecule has 0 amide bonds. The Bertz CT molecular complexity index is 499. The number of carbonyl (C=O) groups is 1. The van der Waals surface area contributed by atoms with Crippen LogP contribution in [0.3, 0.4) is 0 Å². The Hall–Kier alpha value is -1.75. The van der Waals surface area contributed by atoms with E-state index >= 15 is 0 Å². The molecule has 0 bridgehead atoms. The molecule has 1 aromatic carbocycles. The van der Waals surface area contributed by atoms with Crippen molar-refractivity contribution in [3.63, 3.8) is 0 Å². The molecule has 3 N–H and O–H groups in total. The minimum absolute atomic E-state index is 0.113. The Morgan fingerprint density at radius 3 is 2.74 bits per heavy atom. The van der Waals surface area contributed by atoms with Gasteiger partial charge in [0, 0.05) is 13.1 Å². The van der Waals surface area contributed by atoms with E-state index in [0.717, 1.165) is 18.8 Å². The molecule has 1 saturated heterocycles. The maximum absolute atomic E-state index is 10.9. The molecule has 104 valence electrons. The van der Waals surface area contributed by atoms with Crippen molar-refractivity contribution in [3.8, 4) is 0 Å². The summed E-state index contributed by atoms with van der Waals surface area (Å²) in [7, 11) is 0. The van der Waals surface area contributed by atoms with Crippen LogP contribution in [0.25, 0.3) is 0 Å². The highest BCUT2D eigenvalue weighted by molar-refractivity contribution is 5.90. The summed E-state index contributed by atoms with van der Waals surface area (Å²) in [6, 6.07) is 4.86. The number of ether oxygens (including phenoxy) is 1. The smallest absolute Gasteiger partial charge is 0.335 e. The molecule has 0 saturated carbocycles. The summed E-state index contributed by atoms with van der Waals surface area (Å²) < 4.78 is 5.85. The summed E-state index contributed by atoms with van der Waals surface area (Å²) in [5.74, 6) is -0.964. The molecule has 0 aliphatic carbocycles. The minimum Gasteiger partial charge on any atom is -0.478 e. The lowest BCUT2D eigenvalue weighted by Gasteiger charge is -2.43. The van der Waals surface area contributed by atoms with E-state index in [9.17, 15) is 4.79 Å². The van der Waals surface area contributed by atoms with Gasteiger partial charge < -0.3 is 20.5 Å². The lowest BCUT2D eigenvalue weighted by molar-refractivity contribution is -0.0749. The van der Waals surface area contributed by atoms with Crippen LogP contribution in [-0.2, 0) is 4.74 Å². The topological polar surface area (TPSA) is 75.8 Å². The molecule has 0 radical (unpaired) electrons. The molecule has 0 spiro atoms. The van der Waals surface area contributed by atoms with Gasteiger partial charge in [0.25, 0.3) is 0 Å². The quantitative estimate of drug-likeness (QED) is 0.799. The third-order valence-electron chi connectivity index (χ3n) is 3.18. The molecule has 1 heterocycles.